The Morgan fingerprint density at radius 1 is 1.25 bits per heavy atom. The van der Waals surface area contributed by atoms with Gasteiger partial charge in [-0.15, -0.1) is 0 Å². The molecule has 2 heterocycles. The Bertz CT molecular complexity index is 721. The zero-order chi connectivity index (χ0) is 19.8. The maximum Gasteiger partial charge on any atom is 0.169 e. The van der Waals surface area contributed by atoms with Crippen LogP contribution in [0.4, 0.5) is 0 Å². The zero-order valence-corrected chi connectivity index (χ0v) is 18.1. The van der Waals surface area contributed by atoms with Crippen LogP contribution in [0.5, 0.6) is 0 Å². The van der Waals surface area contributed by atoms with Crippen LogP contribution < -0.4 is 10.2 Å². The molecule has 0 aromatic heterocycles. The van der Waals surface area contributed by atoms with E-state index in [1.165, 1.54) is 5.56 Å². The van der Waals surface area contributed by atoms with Gasteiger partial charge in [-0.05, 0) is 30.6 Å². The highest BCUT2D eigenvalue weighted by atomic mass is 32.2. The average molecular weight is 427 g/mol. The number of ether oxygens (including phenoxy) is 1. The van der Waals surface area contributed by atoms with Crippen LogP contribution in [0.15, 0.2) is 30.3 Å². The van der Waals surface area contributed by atoms with Gasteiger partial charge in [-0.2, -0.15) is 0 Å². The van der Waals surface area contributed by atoms with Crippen LogP contribution in [0, 0.1) is 0 Å². The van der Waals surface area contributed by atoms with Crippen LogP contribution in [0.3, 0.4) is 0 Å². The predicted molar refractivity (Wildman–Crippen MR) is 116 cm³/mol. The third-order valence-corrected chi connectivity index (χ3v) is 7.70. The van der Waals surface area contributed by atoms with E-state index >= 15 is 0 Å². The van der Waals surface area contributed by atoms with E-state index in [1.54, 1.807) is 4.90 Å². The molecule has 8 heteroatoms. The Hall–Kier alpha value is -1.22. The van der Waals surface area contributed by atoms with Crippen LogP contribution in [0.1, 0.15) is 18.4 Å². The second-order valence-electron chi connectivity index (χ2n) is 7.68. The highest BCUT2D eigenvalue weighted by molar-refractivity contribution is 7.91. The van der Waals surface area contributed by atoms with E-state index in [-0.39, 0.29) is 17.5 Å². The number of rotatable bonds is 8. The fourth-order valence-corrected chi connectivity index (χ4v) is 6.01. The summed E-state index contributed by atoms with van der Waals surface area (Å²) in [5.74, 6) is 0.493. The lowest BCUT2D eigenvalue weighted by atomic mass is 10.1. The van der Waals surface area contributed by atoms with Crippen molar-refractivity contribution in [3.05, 3.63) is 35.9 Å². The molecule has 0 radical (unpaired) electrons. The second-order valence-corrected chi connectivity index (χ2v) is 10.3. The van der Waals surface area contributed by atoms with Crippen LogP contribution in [0.25, 0.3) is 0 Å². The number of quaternary nitrogens is 1. The average Bonchev–Trinajstić information content (AvgIpc) is 3.06. The molecule has 156 valence electrons. The normalized spacial score (nSPS) is 22.1. The van der Waals surface area contributed by atoms with Crippen molar-refractivity contribution in [3.8, 4) is 0 Å². The summed E-state index contributed by atoms with van der Waals surface area (Å²) >= 11 is 5.67. The first kappa shape index (κ1) is 21.5. The predicted octanol–water partition coefficient (Wildman–Crippen LogP) is -0.102. The van der Waals surface area contributed by atoms with E-state index in [4.69, 9.17) is 17.0 Å². The molecule has 6 nitrogen and oxygen atoms in total. The first-order chi connectivity index (χ1) is 13.5. The molecule has 28 heavy (non-hydrogen) atoms. The van der Waals surface area contributed by atoms with Gasteiger partial charge < -0.3 is 19.9 Å². The molecule has 0 bridgehead atoms. The number of hydrogen-bond donors (Lipinski definition) is 2. The van der Waals surface area contributed by atoms with Gasteiger partial charge in [0.25, 0.3) is 0 Å². The van der Waals surface area contributed by atoms with Gasteiger partial charge in [0.05, 0.1) is 31.3 Å². The van der Waals surface area contributed by atoms with Gasteiger partial charge in [-0.1, -0.05) is 30.3 Å². The topological polar surface area (TPSA) is 63.1 Å². The quantitative estimate of drug-likeness (QED) is 0.566. The van der Waals surface area contributed by atoms with Crippen molar-refractivity contribution in [2.24, 2.45) is 0 Å². The monoisotopic (exact) mass is 426 g/mol. The van der Waals surface area contributed by atoms with Gasteiger partial charge in [0.1, 0.15) is 13.1 Å². The maximum absolute atomic E-state index is 12.0. The first-order valence-corrected chi connectivity index (χ1v) is 12.5. The van der Waals surface area contributed by atoms with Crippen molar-refractivity contribution in [2.45, 2.75) is 25.3 Å². The van der Waals surface area contributed by atoms with Crippen LogP contribution in [0.2, 0.25) is 0 Å². The van der Waals surface area contributed by atoms with E-state index in [0.29, 0.717) is 11.5 Å². The molecule has 1 aromatic carbocycles. The minimum Gasteiger partial charge on any atom is -0.370 e. The van der Waals surface area contributed by atoms with Crippen LogP contribution in [-0.2, 0) is 21.0 Å². The summed E-state index contributed by atoms with van der Waals surface area (Å²) in [6.07, 6.45) is 2.58. The number of thiocarbonyl (C=S) groups is 1. The number of morpholine rings is 1. The van der Waals surface area contributed by atoms with Gasteiger partial charge in [-0.3, -0.25) is 0 Å². The molecule has 2 aliphatic rings. The molecule has 0 amide bonds. The molecule has 3 rings (SSSR count). The highest BCUT2D eigenvalue weighted by Gasteiger charge is 2.33. The Morgan fingerprint density at radius 2 is 2.00 bits per heavy atom. The molecule has 1 atom stereocenters. The van der Waals surface area contributed by atoms with Gasteiger partial charge in [0.2, 0.25) is 0 Å². The number of sulfone groups is 1. The first-order valence-electron chi connectivity index (χ1n) is 10.2. The maximum atomic E-state index is 12.0. The fourth-order valence-electron chi connectivity index (χ4n) is 3.94. The molecule has 2 fully saturated rings. The summed E-state index contributed by atoms with van der Waals surface area (Å²) in [6.45, 7) is 6.41. The van der Waals surface area contributed by atoms with Crippen LogP contribution >= 0.6 is 12.2 Å². The Morgan fingerprint density at radius 3 is 2.68 bits per heavy atom. The molecular weight excluding hydrogens is 394 g/mol. The zero-order valence-electron chi connectivity index (χ0n) is 16.4. The summed E-state index contributed by atoms with van der Waals surface area (Å²) < 4.78 is 29.4. The van der Waals surface area contributed by atoms with E-state index in [0.717, 1.165) is 58.8 Å². The number of nitrogens with one attached hydrogen (secondary N) is 2. The van der Waals surface area contributed by atoms with Crippen LogP contribution in [-0.4, -0.2) is 81.9 Å². The summed E-state index contributed by atoms with van der Waals surface area (Å²) in [6, 6.07) is 10.3. The third kappa shape index (κ3) is 6.69. The molecule has 1 aromatic rings. The lowest BCUT2D eigenvalue weighted by Crippen LogP contribution is -3.14. The van der Waals surface area contributed by atoms with Gasteiger partial charge in [0.15, 0.2) is 14.9 Å². The van der Waals surface area contributed by atoms with E-state index < -0.39 is 9.84 Å². The van der Waals surface area contributed by atoms with Gasteiger partial charge in [-0.25, -0.2) is 8.42 Å². The van der Waals surface area contributed by atoms with Crippen molar-refractivity contribution >= 4 is 27.2 Å². The number of nitrogens with zero attached hydrogens (tertiary/aromatic N) is 1. The number of benzene rings is 1. The molecule has 0 saturated carbocycles. The van der Waals surface area contributed by atoms with E-state index in [9.17, 15) is 8.42 Å². The smallest absolute Gasteiger partial charge is 0.169 e. The Balaban J connectivity index is 1.51. The molecule has 0 spiro atoms. The highest BCUT2D eigenvalue weighted by Crippen LogP contribution is 2.18. The minimum absolute atomic E-state index is 0.00131. The van der Waals surface area contributed by atoms with Gasteiger partial charge >= 0.3 is 0 Å². The largest absolute Gasteiger partial charge is 0.370 e. The number of hydrogen-bond acceptors (Lipinski definition) is 4. The molecule has 0 unspecified atom stereocenters. The van der Waals surface area contributed by atoms with Crippen molar-refractivity contribution in [2.75, 3.05) is 57.4 Å². The second kappa shape index (κ2) is 10.5. The summed E-state index contributed by atoms with van der Waals surface area (Å²) in [5, 5.41) is 4.05. The molecule has 2 N–H and O–H groups in total. The Kier molecular flexibility index (Phi) is 8.08. The molecular formula is C20H32N3O3S2+. The molecule has 2 saturated heterocycles. The van der Waals surface area contributed by atoms with Crippen molar-refractivity contribution < 1.29 is 18.1 Å². The van der Waals surface area contributed by atoms with Crippen molar-refractivity contribution in [3.63, 3.8) is 0 Å². The lowest BCUT2D eigenvalue weighted by molar-refractivity contribution is -0.908. The van der Waals surface area contributed by atoms with Gasteiger partial charge in [0, 0.05) is 25.6 Å². The summed E-state index contributed by atoms with van der Waals surface area (Å²) in [4.78, 5) is 3.69. The van der Waals surface area contributed by atoms with E-state index in [2.05, 4.69) is 22.3 Å². The standard InChI is InChI=1S/C20H31N3O3S2/c24-28(25)16-8-19(17-28)23(11-4-10-22-12-14-26-15-13-22)20(27)21-9-7-18-5-2-1-3-6-18/h1-3,5-6,19H,4,7-17H2,(H,21,27)/p+1/t19-/m1/s1. The lowest BCUT2D eigenvalue weighted by Gasteiger charge is -2.32. The summed E-state index contributed by atoms with van der Waals surface area (Å²) in [5.41, 5.74) is 1.27. The van der Waals surface area contributed by atoms with E-state index in [1.807, 2.05) is 18.2 Å². The minimum atomic E-state index is -2.93. The SMILES string of the molecule is O=S1(=O)CC[C@@H](N(CCC[NH+]2CCOCC2)C(=S)NCCc2ccccc2)C1. The summed E-state index contributed by atoms with van der Waals surface area (Å²) in [7, 11) is -2.93. The van der Waals surface area contributed by atoms with Crippen molar-refractivity contribution in [1.29, 1.82) is 0 Å². The van der Waals surface area contributed by atoms with Crippen molar-refractivity contribution in [1.82, 2.24) is 10.2 Å². The fraction of sp³-hybridized carbons (Fsp3) is 0.650. The Labute approximate surface area is 174 Å². The molecule has 0 aliphatic carbocycles. The molecule has 2 aliphatic heterocycles. The third-order valence-electron chi connectivity index (χ3n) is 5.57.